The summed E-state index contributed by atoms with van der Waals surface area (Å²) in [5.41, 5.74) is 7.26. The van der Waals surface area contributed by atoms with E-state index >= 15 is 0 Å². The molecule has 1 heterocycles. The standard InChI is InChI=1S/C25H39NOSi3/c1-11-29(8,9)30(10)23-19-16-17-14-12-13-15-18(17)20(19)22(27-28(5,6)7)21(24(23)30)26-25(2,3)4/h12-15,26H,11,16H2,1-10H3. The van der Waals surface area contributed by atoms with Crippen LogP contribution in [0, 0.1) is 0 Å². The second kappa shape index (κ2) is 6.60. The van der Waals surface area contributed by atoms with Gasteiger partial charge in [-0.25, -0.2) is 0 Å². The van der Waals surface area contributed by atoms with E-state index in [1.54, 1.807) is 15.9 Å². The summed E-state index contributed by atoms with van der Waals surface area (Å²) in [6.45, 7) is 24.1. The molecule has 0 bridgehead atoms. The molecule has 2 nitrogen and oxygen atoms in total. The third-order valence-electron chi connectivity index (χ3n) is 7.29. The molecule has 2 aliphatic rings. The topological polar surface area (TPSA) is 21.3 Å². The Labute approximate surface area is 186 Å². The van der Waals surface area contributed by atoms with Crippen molar-refractivity contribution in [2.75, 3.05) is 5.32 Å². The fourth-order valence-corrected chi connectivity index (χ4v) is 19.1. The fraction of sp³-hybridized carbons (Fsp3) is 0.520. The molecule has 0 saturated carbocycles. The third-order valence-corrected chi connectivity index (χ3v) is 26.1. The number of benzene rings is 2. The molecular formula is C25H39NOSi3. The highest BCUT2D eigenvalue weighted by Gasteiger charge is 2.63. The van der Waals surface area contributed by atoms with Crippen LogP contribution in [-0.4, -0.2) is 29.0 Å². The van der Waals surface area contributed by atoms with E-state index < -0.39 is 23.5 Å². The molecule has 5 heteroatoms. The fourth-order valence-electron chi connectivity index (χ4n) is 5.21. The Bertz CT molecular complexity index is 1030. The van der Waals surface area contributed by atoms with Gasteiger partial charge in [0.05, 0.1) is 13.3 Å². The van der Waals surface area contributed by atoms with Gasteiger partial charge in [0, 0.05) is 11.1 Å². The summed E-state index contributed by atoms with van der Waals surface area (Å²) >= 11 is 0. The van der Waals surface area contributed by atoms with Crippen LogP contribution in [-0.2, 0) is 6.42 Å². The number of fused-ring (bicyclic) bond motifs is 5. The Morgan fingerprint density at radius 1 is 1.03 bits per heavy atom. The Hall–Kier alpha value is -1.31. The van der Waals surface area contributed by atoms with Gasteiger partial charge in [-0.15, -0.1) is 0 Å². The molecule has 4 rings (SSSR count). The second-order valence-electron chi connectivity index (χ2n) is 12.1. The van der Waals surface area contributed by atoms with Crippen molar-refractivity contribution in [1.29, 1.82) is 0 Å². The van der Waals surface area contributed by atoms with Crippen molar-refractivity contribution in [3.8, 4) is 16.9 Å². The first-order valence-corrected chi connectivity index (χ1v) is 21.6. The summed E-state index contributed by atoms with van der Waals surface area (Å²) in [5, 5.41) is 7.44. The van der Waals surface area contributed by atoms with Crippen molar-refractivity contribution in [3.05, 3.63) is 35.4 Å². The Kier molecular flexibility index (Phi) is 4.82. The number of hydrogen-bond donors (Lipinski definition) is 1. The molecule has 1 unspecified atom stereocenters. The highest BCUT2D eigenvalue weighted by Crippen LogP contribution is 2.51. The number of hydrogen-bond acceptors (Lipinski definition) is 2. The lowest BCUT2D eigenvalue weighted by molar-refractivity contribution is 0.555. The van der Waals surface area contributed by atoms with Crippen LogP contribution in [0.4, 0.5) is 5.69 Å². The van der Waals surface area contributed by atoms with E-state index in [9.17, 15) is 0 Å². The van der Waals surface area contributed by atoms with Gasteiger partial charge in [0.15, 0.2) is 0 Å². The number of nitrogens with one attached hydrogen (secondary N) is 1. The van der Waals surface area contributed by atoms with Crippen LogP contribution in [0.1, 0.15) is 38.8 Å². The van der Waals surface area contributed by atoms with Gasteiger partial charge in [0.2, 0.25) is 8.32 Å². The van der Waals surface area contributed by atoms with E-state index in [-0.39, 0.29) is 5.54 Å². The Balaban J connectivity index is 2.07. The smallest absolute Gasteiger partial charge is 0.242 e. The zero-order valence-corrected chi connectivity index (χ0v) is 23.6. The molecule has 1 aliphatic heterocycles. The van der Waals surface area contributed by atoms with Crippen molar-refractivity contribution in [3.63, 3.8) is 0 Å². The summed E-state index contributed by atoms with van der Waals surface area (Å²) in [7, 11) is -4.74. The molecule has 0 aromatic heterocycles. The first-order chi connectivity index (χ1) is 13.7. The average molecular weight is 454 g/mol. The maximum atomic E-state index is 6.95. The van der Waals surface area contributed by atoms with E-state index in [2.05, 4.69) is 96.6 Å². The first-order valence-electron chi connectivity index (χ1n) is 11.5. The minimum absolute atomic E-state index is 0.00743. The summed E-state index contributed by atoms with van der Waals surface area (Å²) < 4.78 is 6.95. The minimum atomic E-state index is -1.78. The molecule has 0 saturated heterocycles. The molecule has 1 atom stereocenters. The maximum Gasteiger partial charge on any atom is 0.242 e. The largest absolute Gasteiger partial charge is 0.543 e. The van der Waals surface area contributed by atoms with Gasteiger partial charge in [0.25, 0.3) is 0 Å². The molecule has 0 amide bonds. The lowest BCUT2D eigenvalue weighted by Gasteiger charge is -2.31. The molecule has 2 aromatic rings. The van der Waals surface area contributed by atoms with Crippen molar-refractivity contribution in [2.45, 2.75) is 85.0 Å². The van der Waals surface area contributed by atoms with E-state index in [1.165, 1.54) is 34.2 Å². The lowest BCUT2D eigenvalue weighted by atomic mass is 10.0. The molecule has 162 valence electrons. The normalized spacial score (nSPS) is 19.8. The summed E-state index contributed by atoms with van der Waals surface area (Å²) in [6, 6.07) is 10.4. The molecule has 2 aromatic carbocycles. The monoisotopic (exact) mass is 453 g/mol. The van der Waals surface area contributed by atoms with Crippen LogP contribution in [0.5, 0.6) is 5.75 Å². The van der Waals surface area contributed by atoms with Gasteiger partial charge in [-0.2, -0.15) is 0 Å². The van der Waals surface area contributed by atoms with Crippen molar-refractivity contribution in [2.24, 2.45) is 0 Å². The van der Waals surface area contributed by atoms with Crippen molar-refractivity contribution in [1.82, 2.24) is 0 Å². The molecule has 1 N–H and O–H groups in total. The van der Waals surface area contributed by atoms with Crippen LogP contribution in [0.25, 0.3) is 11.1 Å². The van der Waals surface area contributed by atoms with Gasteiger partial charge in [-0.3, -0.25) is 0 Å². The summed E-state index contributed by atoms with van der Waals surface area (Å²) in [6.07, 6.45) is 1.09. The molecule has 30 heavy (non-hydrogen) atoms. The molecular weight excluding hydrogens is 415 g/mol. The zero-order valence-electron chi connectivity index (χ0n) is 20.6. The van der Waals surface area contributed by atoms with Crippen molar-refractivity contribution >= 4 is 39.6 Å². The van der Waals surface area contributed by atoms with Crippen LogP contribution < -0.4 is 20.1 Å². The van der Waals surface area contributed by atoms with Crippen molar-refractivity contribution < 1.29 is 4.43 Å². The molecule has 1 aliphatic carbocycles. The number of anilines is 1. The van der Waals surface area contributed by atoms with E-state index in [1.807, 2.05) is 0 Å². The van der Waals surface area contributed by atoms with Crippen LogP contribution >= 0.6 is 0 Å². The van der Waals surface area contributed by atoms with Gasteiger partial charge >= 0.3 is 0 Å². The van der Waals surface area contributed by atoms with E-state index in [4.69, 9.17) is 4.43 Å². The maximum absolute atomic E-state index is 6.95. The van der Waals surface area contributed by atoms with Gasteiger partial charge in [0.1, 0.15) is 13.3 Å². The van der Waals surface area contributed by atoms with Gasteiger partial charge in [-0.05, 0) is 68.7 Å². The lowest BCUT2D eigenvalue weighted by Crippen LogP contribution is -2.54. The summed E-state index contributed by atoms with van der Waals surface area (Å²) in [4.78, 5) is 0. The van der Waals surface area contributed by atoms with Crippen LogP contribution in [0.2, 0.25) is 45.3 Å². The van der Waals surface area contributed by atoms with Crippen LogP contribution in [0.15, 0.2) is 24.3 Å². The third kappa shape index (κ3) is 3.24. The Morgan fingerprint density at radius 2 is 1.67 bits per heavy atom. The van der Waals surface area contributed by atoms with Crippen LogP contribution in [0.3, 0.4) is 0 Å². The highest BCUT2D eigenvalue weighted by atomic mass is 29.3. The van der Waals surface area contributed by atoms with Gasteiger partial charge in [-0.1, -0.05) is 62.1 Å². The minimum Gasteiger partial charge on any atom is -0.543 e. The number of rotatable bonds is 5. The average Bonchev–Trinajstić information content (AvgIpc) is 3.08. The molecule has 0 fully saturated rings. The van der Waals surface area contributed by atoms with Gasteiger partial charge < -0.3 is 9.74 Å². The zero-order chi connectivity index (χ0) is 22.3. The SMILES string of the molecule is CC[Si](C)(C)[Si]1(C)c2c3c(c(O[Si](C)(C)C)c(NC(C)(C)C)c21)-c1ccccc1C3. The molecule has 0 spiro atoms. The molecule has 0 radical (unpaired) electrons. The summed E-state index contributed by atoms with van der Waals surface area (Å²) in [5.74, 6) is 1.17. The quantitative estimate of drug-likeness (QED) is 0.479. The Morgan fingerprint density at radius 3 is 2.23 bits per heavy atom. The predicted molar refractivity (Wildman–Crippen MR) is 141 cm³/mol. The highest BCUT2D eigenvalue weighted by molar-refractivity contribution is 7.58. The second-order valence-corrected chi connectivity index (χ2v) is 31.3. The predicted octanol–water partition coefficient (Wildman–Crippen LogP) is 5.99. The first kappa shape index (κ1) is 21.9. The van der Waals surface area contributed by atoms with E-state index in [0.717, 1.165) is 6.42 Å². The van der Waals surface area contributed by atoms with E-state index in [0.29, 0.717) is 0 Å².